The molecule has 13 nitrogen and oxygen atoms in total. The largest absolute Gasteiger partial charge is 0.462 e. The number of primary sulfonamides is 1. The van der Waals surface area contributed by atoms with Crippen LogP contribution < -0.4 is 20.5 Å². The molecule has 1 aliphatic rings. The van der Waals surface area contributed by atoms with E-state index in [4.69, 9.17) is 14.6 Å². The SMILES string of the molecule is CCOC(=O)c1sc(Nc2nc3c(c(NCc4ccc(S(N)(=O)=O)cc4)n2)CN(C(=O)Oc2ccccc2)CC3)nc1C. The topological polar surface area (TPSA) is 179 Å². The van der Waals surface area contributed by atoms with Crippen molar-refractivity contribution in [1.29, 1.82) is 0 Å². The van der Waals surface area contributed by atoms with Crippen molar-refractivity contribution in [1.82, 2.24) is 19.9 Å². The van der Waals surface area contributed by atoms with Gasteiger partial charge >= 0.3 is 12.1 Å². The smallest absolute Gasteiger partial charge is 0.415 e. The quantitative estimate of drug-likeness (QED) is 0.230. The number of aryl methyl sites for hydroxylation is 1. The number of hydrogen-bond donors (Lipinski definition) is 3. The number of rotatable bonds is 9. The summed E-state index contributed by atoms with van der Waals surface area (Å²) in [4.78, 5) is 41.0. The second-order valence-corrected chi connectivity index (χ2v) is 12.1. The number of thiazole rings is 1. The standard InChI is InChI=1S/C28H29N7O6S2/c1-3-40-25(36)23-17(2)31-27(42-23)34-26-32-22-13-14-35(28(37)41-19-7-5-4-6-8-19)16-21(22)24(33-26)30-15-18-9-11-20(12-10-18)43(29,38)39/h4-12H,3,13-16H2,1-2H3,(H2,29,38,39)(H2,30,31,32,33,34). The van der Waals surface area contributed by atoms with Gasteiger partial charge in [0.25, 0.3) is 0 Å². The molecular weight excluding hydrogens is 594 g/mol. The van der Waals surface area contributed by atoms with Crippen LogP contribution in [0.5, 0.6) is 5.75 Å². The highest BCUT2D eigenvalue weighted by Crippen LogP contribution is 2.30. The van der Waals surface area contributed by atoms with Crippen LogP contribution in [0, 0.1) is 6.92 Å². The van der Waals surface area contributed by atoms with E-state index in [9.17, 15) is 18.0 Å². The summed E-state index contributed by atoms with van der Waals surface area (Å²) in [5.74, 6) is 0.723. The van der Waals surface area contributed by atoms with E-state index in [1.165, 1.54) is 12.1 Å². The highest BCUT2D eigenvalue weighted by molar-refractivity contribution is 7.89. The average molecular weight is 624 g/mol. The summed E-state index contributed by atoms with van der Waals surface area (Å²) in [5.41, 5.74) is 2.75. The summed E-state index contributed by atoms with van der Waals surface area (Å²) >= 11 is 1.14. The van der Waals surface area contributed by atoms with Crippen molar-refractivity contribution in [3.05, 3.63) is 82.0 Å². The fraction of sp³-hybridized carbons (Fsp3) is 0.250. The van der Waals surface area contributed by atoms with E-state index in [2.05, 4.69) is 25.6 Å². The maximum absolute atomic E-state index is 13.0. The monoisotopic (exact) mass is 623 g/mol. The number of benzene rings is 2. The minimum atomic E-state index is -3.81. The number of nitrogens with two attached hydrogens (primary N) is 1. The van der Waals surface area contributed by atoms with Crippen LogP contribution in [0.1, 0.15) is 39.1 Å². The van der Waals surface area contributed by atoms with Gasteiger partial charge in [0.1, 0.15) is 16.4 Å². The molecule has 3 heterocycles. The third-order valence-corrected chi connectivity index (χ3v) is 8.44. The van der Waals surface area contributed by atoms with Gasteiger partial charge in [0.15, 0.2) is 5.13 Å². The van der Waals surface area contributed by atoms with Crippen LogP contribution in [-0.2, 0) is 34.3 Å². The number of esters is 1. The van der Waals surface area contributed by atoms with Gasteiger partial charge in [-0.3, -0.25) is 5.32 Å². The van der Waals surface area contributed by atoms with Gasteiger partial charge < -0.3 is 19.7 Å². The van der Waals surface area contributed by atoms with Crippen LogP contribution in [-0.4, -0.2) is 53.5 Å². The molecule has 1 amide bonds. The predicted octanol–water partition coefficient (Wildman–Crippen LogP) is 3.98. The van der Waals surface area contributed by atoms with Gasteiger partial charge in [0, 0.05) is 25.1 Å². The minimum Gasteiger partial charge on any atom is -0.462 e. The Balaban J connectivity index is 1.40. The lowest BCUT2D eigenvalue weighted by Gasteiger charge is -2.29. The zero-order valence-electron chi connectivity index (χ0n) is 23.4. The third kappa shape index (κ3) is 7.25. The molecule has 0 fully saturated rings. The molecule has 224 valence electrons. The van der Waals surface area contributed by atoms with Crippen LogP contribution in [0.4, 0.5) is 21.7 Å². The first-order valence-electron chi connectivity index (χ1n) is 13.3. The van der Waals surface area contributed by atoms with Crippen molar-refractivity contribution in [2.75, 3.05) is 23.8 Å². The molecule has 0 spiro atoms. The summed E-state index contributed by atoms with van der Waals surface area (Å²) < 4.78 is 33.9. The maximum atomic E-state index is 13.0. The molecule has 2 aromatic carbocycles. The first kappa shape index (κ1) is 29.9. The van der Waals surface area contributed by atoms with E-state index in [1.54, 1.807) is 55.1 Å². The van der Waals surface area contributed by atoms with E-state index >= 15 is 0 Å². The summed E-state index contributed by atoms with van der Waals surface area (Å²) in [7, 11) is -3.81. The molecule has 15 heteroatoms. The van der Waals surface area contributed by atoms with Crippen LogP contribution in [0.25, 0.3) is 0 Å². The maximum Gasteiger partial charge on any atom is 0.415 e. The molecule has 1 aliphatic heterocycles. The zero-order valence-corrected chi connectivity index (χ0v) is 25.0. The molecule has 4 aromatic rings. The molecule has 0 bridgehead atoms. The molecule has 5 rings (SSSR count). The van der Waals surface area contributed by atoms with Gasteiger partial charge in [-0.1, -0.05) is 41.7 Å². The van der Waals surface area contributed by atoms with Crippen molar-refractivity contribution in [3.8, 4) is 5.75 Å². The Morgan fingerprint density at radius 2 is 1.81 bits per heavy atom. The van der Waals surface area contributed by atoms with Gasteiger partial charge in [-0.05, 0) is 43.7 Å². The lowest BCUT2D eigenvalue weighted by atomic mass is 10.1. The number of hydrogen-bond acceptors (Lipinski definition) is 12. The number of carbonyl (C=O) groups excluding carboxylic acids is 2. The zero-order chi connectivity index (χ0) is 30.6. The fourth-order valence-corrected chi connectivity index (χ4v) is 5.71. The van der Waals surface area contributed by atoms with Crippen molar-refractivity contribution in [2.45, 2.75) is 38.3 Å². The Bertz CT molecular complexity index is 1750. The summed E-state index contributed by atoms with van der Waals surface area (Å²) in [5, 5.41) is 12.0. The fourth-order valence-electron chi connectivity index (χ4n) is 4.34. The molecule has 43 heavy (non-hydrogen) atoms. The number of nitrogens with one attached hydrogen (secondary N) is 2. The predicted molar refractivity (Wildman–Crippen MR) is 160 cm³/mol. The van der Waals surface area contributed by atoms with E-state index in [0.29, 0.717) is 52.3 Å². The number of fused-ring (bicyclic) bond motifs is 1. The molecule has 0 atom stereocenters. The number of anilines is 3. The van der Waals surface area contributed by atoms with Gasteiger partial charge in [0.2, 0.25) is 16.0 Å². The van der Waals surface area contributed by atoms with E-state index < -0.39 is 22.1 Å². The Labute approximate surface area is 252 Å². The number of aromatic nitrogens is 3. The lowest BCUT2D eigenvalue weighted by molar-refractivity contribution is 0.0531. The Hall–Kier alpha value is -4.60. The number of nitrogens with zero attached hydrogens (tertiary/aromatic N) is 4. The molecule has 0 saturated carbocycles. The highest BCUT2D eigenvalue weighted by Gasteiger charge is 2.27. The van der Waals surface area contributed by atoms with Crippen LogP contribution in [0.2, 0.25) is 0 Å². The summed E-state index contributed by atoms with van der Waals surface area (Å²) in [6, 6.07) is 15.0. The second-order valence-electron chi connectivity index (χ2n) is 9.50. The van der Waals surface area contributed by atoms with Crippen molar-refractivity contribution in [3.63, 3.8) is 0 Å². The first-order chi connectivity index (χ1) is 20.6. The van der Waals surface area contributed by atoms with Gasteiger partial charge in [-0.25, -0.2) is 33.1 Å². The Kier molecular flexibility index (Phi) is 8.84. The molecule has 0 aliphatic carbocycles. The molecule has 0 radical (unpaired) electrons. The number of sulfonamides is 1. The van der Waals surface area contributed by atoms with Gasteiger partial charge in [-0.15, -0.1) is 0 Å². The number of ether oxygens (including phenoxy) is 2. The van der Waals surface area contributed by atoms with Crippen LogP contribution >= 0.6 is 11.3 Å². The van der Waals surface area contributed by atoms with E-state index in [-0.39, 0.29) is 24.0 Å². The highest BCUT2D eigenvalue weighted by atomic mass is 32.2. The Morgan fingerprint density at radius 3 is 2.51 bits per heavy atom. The number of para-hydroxylation sites is 1. The molecule has 0 unspecified atom stereocenters. The molecule has 2 aromatic heterocycles. The summed E-state index contributed by atoms with van der Waals surface area (Å²) in [6.07, 6.45) is -0.0487. The van der Waals surface area contributed by atoms with Crippen LogP contribution in [0.3, 0.4) is 0 Å². The molecular formula is C28H29N7O6S2. The van der Waals surface area contributed by atoms with Crippen molar-refractivity contribution in [2.24, 2.45) is 5.14 Å². The average Bonchev–Trinajstić information content (AvgIpc) is 3.35. The van der Waals surface area contributed by atoms with E-state index in [1.807, 2.05) is 6.07 Å². The van der Waals surface area contributed by atoms with E-state index in [0.717, 1.165) is 22.6 Å². The summed E-state index contributed by atoms with van der Waals surface area (Å²) in [6.45, 7) is 4.59. The Morgan fingerprint density at radius 1 is 1.07 bits per heavy atom. The lowest BCUT2D eigenvalue weighted by Crippen LogP contribution is -2.38. The third-order valence-electron chi connectivity index (χ3n) is 6.45. The van der Waals surface area contributed by atoms with Crippen molar-refractivity contribution >= 4 is 50.3 Å². The minimum absolute atomic E-state index is 0.00986. The molecule has 0 saturated heterocycles. The number of carbonyl (C=O) groups is 2. The van der Waals surface area contributed by atoms with Crippen molar-refractivity contribution < 1.29 is 27.5 Å². The number of amides is 1. The molecule has 4 N–H and O–H groups in total. The normalized spacial score (nSPS) is 12.8. The second kappa shape index (κ2) is 12.7. The van der Waals surface area contributed by atoms with Gasteiger partial charge in [-0.2, -0.15) is 4.98 Å². The first-order valence-corrected chi connectivity index (χ1v) is 15.7. The van der Waals surface area contributed by atoms with Gasteiger partial charge in [0.05, 0.1) is 29.4 Å². The van der Waals surface area contributed by atoms with Crippen LogP contribution in [0.15, 0.2) is 59.5 Å².